The van der Waals surface area contributed by atoms with Crippen molar-refractivity contribution < 1.29 is 0 Å². The smallest absolute Gasteiger partial charge is 0.221 e. The SMILES string of the molecule is Cc1cnc(N)nc1SCCN(C)C. The molecule has 0 aliphatic carbocycles. The van der Waals surface area contributed by atoms with Crippen LogP contribution in [0.3, 0.4) is 0 Å². The molecule has 2 N–H and O–H groups in total. The Labute approximate surface area is 88.9 Å². The summed E-state index contributed by atoms with van der Waals surface area (Å²) in [5.74, 6) is 1.37. The first-order valence-electron chi connectivity index (χ1n) is 4.46. The van der Waals surface area contributed by atoms with Crippen LogP contribution in [0.15, 0.2) is 11.2 Å². The Morgan fingerprint density at radius 2 is 2.21 bits per heavy atom. The minimum atomic E-state index is 0.350. The van der Waals surface area contributed by atoms with Crippen molar-refractivity contribution in [2.45, 2.75) is 11.9 Å². The molecule has 14 heavy (non-hydrogen) atoms. The molecule has 0 spiro atoms. The first-order chi connectivity index (χ1) is 6.59. The van der Waals surface area contributed by atoms with Crippen molar-refractivity contribution in [2.75, 3.05) is 32.1 Å². The Bertz CT molecular complexity index is 301. The Kier molecular flexibility index (Phi) is 4.16. The molecule has 0 bridgehead atoms. The molecule has 1 rings (SSSR count). The monoisotopic (exact) mass is 212 g/mol. The minimum absolute atomic E-state index is 0.350. The number of aryl methyl sites for hydroxylation is 1. The molecule has 78 valence electrons. The maximum absolute atomic E-state index is 5.51. The van der Waals surface area contributed by atoms with Crippen molar-refractivity contribution in [3.8, 4) is 0 Å². The maximum atomic E-state index is 5.51. The Hall–Kier alpha value is -0.810. The third-order valence-corrected chi connectivity index (χ3v) is 2.79. The number of nitrogen functional groups attached to an aromatic ring is 1. The number of thioether (sulfide) groups is 1. The Morgan fingerprint density at radius 3 is 2.86 bits per heavy atom. The van der Waals surface area contributed by atoms with Crippen molar-refractivity contribution in [2.24, 2.45) is 0 Å². The zero-order valence-corrected chi connectivity index (χ0v) is 9.64. The van der Waals surface area contributed by atoms with Crippen LogP contribution in [0.5, 0.6) is 0 Å². The zero-order valence-electron chi connectivity index (χ0n) is 8.82. The van der Waals surface area contributed by atoms with E-state index in [2.05, 4.69) is 29.0 Å². The van der Waals surface area contributed by atoms with Crippen LogP contribution >= 0.6 is 11.8 Å². The molecule has 0 saturated heterocycles. The summed E-state index contributed by atoms with van der Waals surface area (Å²) in [4.78, 5) is 10.3. The van der Waals surface area contributed by atoms with Crippen molar-refractivity contribution in [1.82, 2.24) is 14.9 Å². The second-order valence-electron chi connectivity index (χ2n) is 3.37. The predicted octanol–water partition coefficient (Wildman–Crippen LogP) is 1.02. The molecular weight excluding hydrogens is 196 g/mol. The Balaban J connectivity index is 2.53. The van der Waals surface area contributed by atoms with E-state index in [0.29, 0.717) is 5.95 Å². The molecule has 0 aliphatic rings. The van der Waals surface area contributed by atoms with Crippen LogP contribution in [-0.4, -0.2) is 41.3 Å². The summed E-state index contributed by atoms with van der Waals surface area (Å²) >= 11 is 1.72. The van der Waals surface area contributed by atoms with Gasteiger partial charge in [0.25, 0.3) is 0 Å². The van der Waals surface area contributed by atoms with Crippen molar-refractivity contribution >= 4 is 17.7 Å². The van der Waals surface area contributed by atoms with Gasteiger partial charge >= 0.3 is 0 Å². The fourth-order valence-corrected chi connectivity index (χ4v) is 2.00. The lowest BCUT2D eigenvalue weighted by Crippen LogP contribution is -2.15. The molecule has 0 aromatic carbocycles. The van der Waals surface area contributed by atoms with Crippen LogP contribution in [0.4, 0.5) is 5.95 Å². The van der Waals surface area contributed by atoms with Gasteiger partial charge in [-0.15, -0.1) is 11.8 Å². The molecule has 0 saturated carbocycles. The quantitative estimate of drug-likeness (QED) is 0.596. The molecule has 1 aromatic heterocycles. The molecule has 0 fully saturated rings. The van der Waals surface area contributed by atoms with Gasteiger partial charge in [0.2, 0.25) is 5.95 Å². The van der Waals surface area contributed by atoms with E-state index in [9.17, 15) is 0 Å². The molecule has 1 aromatic rings. The van der Waals surface area contributed by atoms with Gasteiger partial charge in [-0.3, -0.25) is 0 Å². The highest BCUT2D eigenvalue weighted by Gasteiger charge is 2.02. The van der Waals surface area contributed by atoms with E-state index in [1.54, 1.807) is 18.0 Å². The molecule has 0 amide bonds. The van der Waals surface area contributed by atoms with Crippen molar-refractivity contribution in [3.63, 3.8) is 0 Å². The van der Waals surface area contributed by atoms with E-state index in [-0.39, 0.29) is 0 Å². The van der Waals surface area contributed by atoms with Gasteiger partial charge < -0.3 is 10.6 Å². The van der Waals surface area contributed by atoms with Gasteiger partial charge in [-0.05, 0) is 26.6 Å². The number of nitrogens with two attached hydrogens (primary N) is 1. The van der Waals surface area contributed by atoms with Crippen molar-refractivity contribution in [3.05, 3.63) is 11.8 Å². The van der Waals surface area contributed by atoms with Crippen LogP contribution in [0.2, 0.25) is 0 Å². The van der Waals surface area contributed by atoms with Crippen molar-refractivity contribution in [1.29, 1.82) is 0 Å². The second-order valence-corrected chi connectivity index (χ2v) is 4.45. The average Bonchev–Trinajstić information content (AvgIpc) is 2.10. The highest BCUT2D eigenvalue weighted by molar-refractivity contribution is 7.99. The summed E-state index contributed by atoms with van der Waals surface area (Å²) in [5, 5.41) is 0.986. The molecule has 0 aliphatic heterocycles. The molecule has 0 radical (unpaired) electrons. The summed E-state index contributed by atoms with van der Waals surface area (Å²) in [6.45, 7) is 3.03. The molecule has 4 nitrogen and oxygen atoms in total. The van der Waals surface area contributed by atoms with Crippen LogP contribution in [0.1, 0.15) is 5.56 Å². The number of rotatable bonds is 4. The van der Waals surface area contributed by atoms with Crippen LogP contribution in [0, 0.1) is 6.92 Å². The summed E-state index contributed by atoms with van der Waals surface area (Å²) in [5.41, 5.74) is 6.60. The molecule has 0 atom stereocenters. The number of hydrogen-bond donors (Lipinski definition) is 1. The van der Waals surface area contributed by atoms with Gasteiger partial charge in [-0.2, -0.15) is 0 Å². The molecule has 1 heterocycles. The Morgan fingerprint density at radius 1 is 1.50 bits per heavy atom. The van der Waals surface area contributed by atoms with Gasteiger partial charge in [-0.25, -0.2) is 9.97 Å². The van der Waals surface area contributed by atoms with E-state index in [0.717, 1.165) is 22.9 Å². The van der Waals surface area contributed by atoms with E-state index >= 15 is 0 Å². The topological polar surface area (TPSA) is 55.0 Å². The zero-order chi connectivity index (χ0) is 10.6. The van der Waals surface area contributed by atoms with Gasteiger partial charge in [0.05, 0.1) is 0 Å². The van der Waals surface area contributed by atoms with Gasteiger partial charge in [0.15, 0.2) is 0 Å². The van der Waals surface area contributed by atoms with E-state index in [1.165, 1.54) is 0 Å². The van der Waals surface area contributed by atoms with E-state index in [4.69, 9.17) is 5.73 Å². The lowest BCUT2D eigenvalue weighted by molar-refractivity contribution is 0.437. The van der Waals surface area contributed by atoms with Gasteiger partial charge in [-0.1, -0.05) is 0 Å². The fourth-order valence-electron chi connectivity index (χ4n) is 0.910. The van der Waals surface area contributed by atoms with Gasteiger partial charge in [0.1, 0.15) is 5.03 Å². The predicted molar refractivity (Wildman–Crippen MR) is 60.5 cm³/mol. The number of aromatic nitrogens is 2. The molecule has 5 heteroatoms. The van der Waals surface area contributed by atoms with E-state index in [1.807, 2.05) is 6.92 Å². The summed E-state index contributed by atoms with van der Waals surface area (Å²) in [6.07, 6.45) is 1.76. The molecular formula is C9H16N4S. The standard InChI is InChI=1S/C9H16N4S/c1-7-6-11-9(10)12-8(7)14-5-4-13(2)3/h6H,4-5H2,1-3H3,(H2,10,11,12). The minimum Gasteiger partial charge on any atom is -0.368 e. The second kappa shape index (κ2) is 5.17. The first-order valence-corrected chi connectivity index (χ1v) is 5.45. The largest absolute Gasteiger partial charge is 0.368 e. The third-order valence-electron chi connectivity index (χ3n) is 1.72. The number of nitrogens with zero attached hydrogens (tertiary/aromatic N) is 3. The maximum Gasteiger partial charge on any atom is 0.221 e. The highest BCUT2D eigenvalue weighted by atomic mass is 32.2. The van der Waals surface area contributed by atoms with Crippen LogP contribution in [-0.2, 0) is 0 Å². The summed E-state index contributed by atoms with van der Waals surface area (Å²) < 4.78 is 0. The van der Waals surface area contributed by atoms with Crippen LogP contribution < -0.4 is 5.73 Å². The average molecular weight is 212 g/mol. The lowest BCUT2D eigenvalue weighted by atomic mass is 10.4. The summed E-state index contributed by atoms with van der Waals surface area (Å²) in [6, 6.07) is 0. The first kappa shape index (κ1) is 11.3. The van der Waals surface area contributed by atoms with Gasteiger partial charge in [0, 0.05) is 18.5 Å². The summed E-state index contributed by atoms with van der Waals surface area (Å²) in [7, 11) is 4.11. The normalized spacial score (nSPS) is 10.9. The highest BCUT2D eigenvalue weighted by Crippen LogP contribution is 2.19. The lowest BCUT2D eigenvalue weighted by Gasteiger charge is -2.09. The number of anilines is 1. The number of hydrogen-bond acceptors (Lipinski definition) is 5. The van der Waals surface area contributed by atoms with E-state index < -0.39 is 0 Å². The van der Waals surface area contributed by atoms with Crippen LogP contribution in [0.25, 0.3) is 0 Å². The fraction of sp³-hybridized carbons (Fsp3) is 0.556. The third kappa shape index (κ3) is 3.51. The molecule has 0 unspecified atom stereocenters.